The molecule has 1 fully saturated rings. The Kier molecular flexibility index (Phi) is 6.15. The molecular weight excluding hydrogens is 269 g/mol. The van der Waals surface area contributed by atoms with Crippen LogP contribution in [-0.4, -0.2) is 42.4 Å². The van der Waals surface area contributed by atoms with Crippen molar-refractivity contribution in [2.24, 2.45) is 11.8 Å². The minimum Gasteiger partial charge on any atom is -0.389 e. The van der Waals surface area contributed by atoms with Crippen LogP contribution in [0.3, 0.4) is 0 Å². The Morgan fingerprint density at radius 3 is 2.62 bits per heavy atom. The molecule has 0 spiro atoms. The maximum Gasteiger partial charge on any atom is 0.128 e. The SMILES string of the molecule is C[C@@H]1C[C@H](C)CN(C[C@@H](O)COCc2ccccc2F)C1. The molecule has 1 N–H and O–H groups in total. The summed E-state index contributed by atoms with van der Waals surface area (Å²) >= 11 is 0. The molecule has 0 radical (unpaired) electrons. The van der Waals surface area contributed by atoms with E-state index in [1.165, 1.54) is 12.5 Å². The van der Waals surface area contributed by atoms with Crippen molar-refractivity contribution in [3.05, 3.63) is 35.6 Å². The van der Waals surface area contributed by atoms with Crippen LogP contribution in [0, 0.1) is 17.7 Å². The van der Waals surface area contributed by atoms with Crippen molar-refractivity contribution in [1.29, 1.82) is 0 Å². The molecule has 1 aliphatic heterocycles. The van der Waals surface area contributed by atoms with Gasteiger partial charge in [0.2, 0.25) is 0 Å². The highest BCUT2D eigenvalue weighted by Crippen LogP contribution is 2.20. The van der Waals surface area contributed by atoms with Gasteiger partial charge in [0.25, 0.3) is 0 Å². The van der Waals surface area contributed by atoms with E-state index in [0.29, 0.717) is 23.9 Å². The molecule has 0 aliphatic carbocycles. The van der Waals surface area contributed by atoms with Crippen molar-refractivity contribution in [2.75, 3.05) is 26.2 Å². The molecule has 0 amide bonds. The third-order valence-electron chi connectivity index (χ3n) is 3.94. The molecule has 0 unspecified atom stereocenters. The van der Waals surface area contributed by atoms with E-state index < -0.39 is 6.10 Å². The average Bonchev–Trinajstić information content (AvgIpc) is 2.39. The first kappa shape index (κ1) is 16.4. The van der Waals surface area contributed by atoms with Gasteiger partial charge >= 0.3 is 0 Å². The Morgan fingerprint density at radius 2 is 1.95 bits per heavy atom. The van der Waals surface area contributed by atoms with Crippen LogP contribution in [0.4, 0.5) is 4.39 Å². The number of rotatable bonds is 6. The zero-order chi connectivity index (χ0) is 15.2. The zero-order valence-electron chi connectivity index (χ0n) is 13.0. The Bertz CT molecular complexity index is 431. The number of nitrogens with zero attached hydrogens (tertiary/aromatic N) is 1. The van der Waals surface area contributed by atoms with Crippen LogP contribution >= 0.6 is 0 Å². The molecule has 0 bridgehead atoms. The normalized spacial score (nSPS) is 25.0. The minimum atomic E-state index is -0.519. The van der Waals surface area contributed by atoms with Gasteiger partial charge in [0.05, 0.1) is 19.3 Å². The Labute approximate surface area is 126 Å². The Morgan fingerprint density at radius 1 is 1.29 bits per heavy atom. The Hall–Kier alpha value is -0.970. The van der Waals surface area contributed by atoms with E-state index in [1.807, 2.05) is 0 Å². The standard InChI is InChI=1S/C17H26FNO2/c1-13-7-14(2)9-19(8-13)10-16(20)12-21-11-15-5-3-4-6-17(15)18/h3-6,13-14,16,20H,7-12H2,1-2H3/t13-,14+,16-/m1/s1. The number of aliphatic hydroxyl groups excluding tert-OH is 1. The van der Waals surface area contributed by atoms with Gasteiger partial charge in [-0.25, -0.2) is 4.39 Å². The predicted octanol–water partition coefficient (Wildman–Crippen LogP) is 2.68. The number of aliphatic hydroxyl groups is 1. The molecule has 1 saturated heterocycles. The molecule has 21 heavy (non-hydrogen) atoms. The zero-order valence-corrected chi connectivity index (χ0v) is 13.0. The first-order valence-electron chi connectivity index (χ1n) is 7.76. The van der Waals surface area contributed by atoms with Crippen molar-refractivity contribution in [3.8, 4) is 0 Å². The molecule has 1 aromatic carbocycles. The van der Waals surface area contributed by atoms with Crippen molar-refractivity contribution < 1.29 is 14.2 Å². The van der Waals surface area contributed by atoms with Gasteiger partial charge in [-0.1, -0.05) is 32.0 Å². The van der Waals surface area contributed by atoms with Crippen LogP contribution in [0.2, 0.25) is 0 Å². The summed E-state index contributed by atoms with van der Waals surface area (Å²) in [5.74, 6) is 1.10. The van der Waals surface area contributed by atoms with Gasteiger partial charge in [0.1, 0.15) is 5.82 Å². The molecule has 118 valence electrons. The maximum absolute atomic E-state index is 13.4. The molecular formula is C17H26FNO2. The average molecular weight is 295 g/mol. The van der Waals surface area contributed by atoms with Crippen molar-refractivity contribution in [1.82, 2.24) is 4.90 Å². The fourth-order valence-electron chi connectivity index (χ4n) is 3.21. The highest BCUT2D eigenvalue weighted by atomic mass is 19.1. The maximum atomic E-state index is 13.4. The number of piperidine rings is 1. The van der Waals surface area contributed by atoms with Gasteiger partial charge in [-0.3, -0.25) is 0 Å². The van der Waals surface area contributed by atoms with Crippen LogP contribution in [0.15, 0.2) is 24.3 Å². The van der Waals surface area contributed by atoms with Gasteiger partial charge in [0.15, 0.2) is 0 Å². The second kappa shape index (κ2) is 7.87. The van der Waals surface area contributed by atoms with E-state index in [4.69, 9.17) is 4.74 Å². The fraction of sp³-hybridized carbons (Fsp3) is 0.647. The molecule has 3 atom stereocenters. The molecule has 0 saturated carbocycles. The van der Waals surface area contributed by atoms with E-state index in [9.17, 15) is 9.50 Å². The van der Waals surface area contributed by atoms with E-state index in [0.717, 1.165) is 13.1 Å². The van der Waals surface area contributed by atoms with Gasteiger partial charge in [0, 0.05) is 25.2 Å². The molecule has 0 aromatic heterocycles. The molecule has 4 heteroatoms. The van der Waals surface area contributed by atoms with Crippen molar-refractivity contribution >= 4 is 0 Å². The van der Waals surface area contributed by atoms with Crippen molar-refractivity contribution in [2.45, 2.75) is 33.0 Å². The first-order valence-corrected chi connectivity index (χ1v) is 7.76. The van der Waals surface area contributed by atoms with E-state index in [1.54, 1.807) is 18.2 Å². The highest BCUT2D eigenvalue weighted by molar-refractivity contribution is 5.16. The van der Waals surface area contributed by atoms with Crippen LogP contribution in [0.25, 0.3) is 0 Å². The number of likely N-dealkylation sites (tertiary alicyclic amines) is 1. The molecule has 1 aliphatic rings. The summed E-state index contributed by atoms with van der Waals surface area (Å²) in [5, 5.41) is 10.1. The lowest BCUT2D eigenvalue weighted by Crippen LogP contribution is -2.43. The predicted molar refractivity (Wildman–Crippen MR) is 81.4 cm³/mol. The quantitative estimate of drug-likeness (QED) is 0.876. The van der Waals surface area contributed by atoms with Crippen LogP contribution in [0.5, 0.6) is 0 Å². The van der Waals surface area contributed by atoms with Crippen LogP contribution < -0.4 is 0 Å². The molecule has 2 rings (SSSR count). The topological polar surface area (TPSA) is 32.7 Å². The van der Waals surface area contributed by atoms with Gasteiger partial charge < -0.3 is 14.7 Å². The minimum absolute atomic E-state index is 0.205. The smallest absolute Gasteiger partial charge is 0.128 e. The van der Waals surface area contributed by atoms with Crippen LogP contribution in [0.1, 0.15) is 25.8 Å². The number of hydrogen-bond donors (Lipinski definition) is 1. The number of halogens is 1. The lowest BCUT2D eigenvalue weighted by Gasteiger charge is -2.35. The monoisotopic (exact) mass is 295 g/mol. The highest BCUT2D eigenvalue weighted by Gasteiger charge is 2.23. The van der Waals surface area contributed by atoms with Crippen molar-refractivity contribution in [3.63, 3.8) is 0 Å². The number of ether oxygens (including phenoxy) is 1. The van der Waals surface area contributed by atoms with E-state index in [-0.39, 0.29) is 19.0 Å². The summed E-state index contributed by atoms with van der Waals surface area (Å²) in [6, 6.07) is 6.57. The number of β-amino-alcohol motifs (C(OH)–C–C–N with tert-alkyl or cyclic N) is 1. The third-order valence-corrected chi connectivity index (χ3v) is 3.94. The van der Waals surface area contributed by atoms with Gasteiger partial charge in [-0.2, -0.15) is 0 Å². The molecule has 1 heterocycles. The van der Waals surface area contributed by atoms with E-state index in [2.05, 4.69) is 18.7 Å². The molecule has 1 aromatic rings. The van der Waals surface area contributed by atoms with Gasteiger partial charge in [-0.05, 0) is 24.3 Å². The third kappa shape index (κ3) is 5.38. The summed E-state index contributed by atoms with van der Waals surface area (Å²) in [6.45, 7) is 7.66. The lowest BCUT2D eigenvalue weighted by molar-refractivity contribution is -0.00151. The summed E-state index contributed by atoms with van der Waals surface area (Å²) in [7, 11) is 0. The lowest BCUT2D eigenvalue weighted by atomic mass is 9.92. The first-order chi connectivity index (χ1) is 10.0. The number of hydrogen-bond acceptors (Lipinski definition) is 3. The summed E-state index contributed by atoms with van der Waals surface area (Å²) in [6.07, 6.45) is 0.741. The van der Waals surface area contributed by atoms with Crippen LogP contribution in [-0.2, 0) is 11.3 Å². The largest absolute Gasteiger partial charge is 0.389 e. The summed E-state index contributed by atoms with van der Waals surface area (Å²) in [4.78, 5) is 2.30. The van der Waals surface area contributed by atoms with Gasteiger partial charge in [-0.15, -0.1) is 0 Å². The fourth-order valence-corrected chi connectivity index (χ4v) is 3.21. The summed E-state index contributed by atoms with van der Waals surface area (Å²) < 4.78 is 18.9. The second-order valence-corrected chi connectivity index (χ2v) is 6.42. The Balaban J connectivity index is 1.70. The summed E-state index contributed by atoms with van der Waals surface area (Å²) in [5.41, 5.74) is 0.532. The number of benzene rings is 1. The van der Waals surface area contributed by atoms with E-state index >= 15 is 0 Å². The second-order valence-electron chi connectivity index (χ2n) is 6.42. The molecule has 3 nitrogen and oxygen atoms in total.